The third kappa shape index (κ3) is 8.93. The van der Waals surface area contributed by atoms with Crippen LogP contribution in [0.25, 0.3) is 5.70 Å². The average molecular weight is 498 g/mol. The molecule has 36 heavy (non-hydrogen) atoms. The standard InChI is InChI=1S/C26H27F2N3O.2C2H6.H2/c1-5-7-24(29-4)25-15-22(10-11-30-25)32-26-9-6-8-23(17(26)2)18(3)31-16-19-12-20(27)14-21(28)13-19;2*1-2;/h5-15,24,29,31H,3,16H2,1-2,4H3;2*1-2H3;1H/b7-5-;;;. The Bertz CT molecular complexity index is 1120. The second kappa shape index (κ2) is 16.2. The van der Waals surface area contributed by atoms with Crippen molar-refractivity contribution in [2.75, 3.05) is 7.05 Å². The molecule has 1 atom stereocenters. The Morgan fingerprint density at radius 2 is 1.75 bits per heavy atom. The number of nitrogens with zero attached hydrogens (tertiary/aromatic N) is 1. The van der Waals surface area contributed by atoms with E-state index in [2.05, 4.69) is 22.2 Å². The molecule has 0 fully saturated rings. The molecule has 6 heteroatoms. The summed E-state index contributed by atoms with van der Waals surface area (Å²) in [6, 6.07) is 12.8. The molecular weight excluding hydrogens is 456 g/mol. The molecule has 2 N–H and O–H groups in total. The van der Waals surface area contributed by atoms with E-state index < -0.39 is 11.6 Å². The normalized spacial score (nSPS) is 11.0. The largest absolute Gasteiger partial charge is 0.457 e. The summed E-state index contributed by atoms with van der Waals surface area (Å²) in [7, 11) is 1.88. The van der Waals surface area contributed by atoms with Gasteiger partial charge in [-0.25, -0.2) is 8.78 Å². The number of ether oxygens (including phenoxy) is 1. The van der Waals surface area contributed by atoms with Crippen molar-refractivity contribution in [1.29, 1.82) is 0 Å². The van der Waals surface area contributed by atoms with Crippen LogP contribution < -0.4 is 15.4 Å². The maximum Gasteiger partial charge on any atom is 0.131 e. The van der Waals surface area contributed by atoms with E-state index in [4.69, 9.17) is 4.74 Å². The molecule has 0 aliphatic carbocycles. The van der Waals surface area contributed by atoms with Crippen LogP contribution in [0.3, 0.4) is 0 Å². The molecule has 0 bridgehead atoms. The molecule has 0 amide bonds. The molecule has 0 saturated carbocycles. The first-order valence-electron chi connectivity index (χ1n) is 12.3. The first-order valence-corrected chi connectivity index (χ1v) is 12.3. The number of pyridine rings is 1. The molecular formula is C30H41F2N3O. The van der Waals surface area contributed by atoms with Crippen molar-refractivity contribution >= 4 is 5.70 Å². The van der Waals surface area contributed by atoms with Crippen LogP contribution in [-0.4, -0.2) is 12.0 Å². The van der Waals surface area contributed by atoms with Gasteiger partial charge in [-0.1, -0.05) is 58.6 Å². The fraction of sp³-hybridized carbons (Fsp3) is 0.300. The van der Waals surface area contributed by atoms with E-state index in [-0.39, 0.29) is 14.0 Å². The molecule has 2 aromatic carbocycles. The van der Waals surface area contributed by atoms with Crippen LogP contribution in [0, 0.1) is 18.6 Å². The van der Waals surface area contributed by atoms with Gasteiger partial charge in [0.2, 0.25) is 0 Å². The molecule has 1 unspecified atom stereocenters. The predicted molar refractivity (Wildman–Crippen MR) is 149 cm³/mol. The molecule has 196 valence electrons. The molecule has 0 aliphatic heterocycles. The highest BCUT2D eigenvalue weighted by Crippen LogP contribution is 2.30. The van der Waals surface area contributed by atoms with Crippen LogP contribution in [0.4, 0.5) is 8.78 Å². The number of nitrogens with one attached hydrogen (secondary N) is 2. The van der Waals surface area contributed by atoms with Gasteiger partial charge in [0.25, 0.3) is 0 Å². The zero-order valence-electron chi connectivity index (χ0n) is 22.5. The van der Waals surface area contributed by atoms with Crippen LogP contribution in [-0.2, 0) is 6.54 Å². The van der Waals surface area contributed by atoms with E-state index in [0.29, 0.717) is 22.8 Å². The van der Waals surface area contributed by atoms with Gasteiger partial charge in [0.1, 0.15) is 23.1 Å². The van der Waals surface area contributed by atoms with Crippen LogP contribution in [0.2, 0.25) is 0 Å². The van der Waals surface area contributed by atoms with Crippen molar-refractivity contribution in [2.24, 2.45) is 0 Å². The third-order valence-corrected chi connectivity index (χ3v) is 5.03. The Kier molecular flexibility index (Phi) is 13.7. The lowest BCUT2D eigenvalue weighted by Crippen LogP contribution is -2.15. The summed E-state index contributed by atoms with van der Waals surface area (Å²) in [5.74, 6) is 0.150. The van der Waals surface area contributed by atoms with Crippen molar-refractivity contribution in [3.05, 3.63) is 107 Å². The van der Waals surface area contributed by atoms with Crippen LogP contribution >= 0.6 is 0 Å². The maximum atomic E-state index is 13.4. The van der Waals surface area contributed by atoms with E-state index in [0.717, 1.165) is 22.9 Å². The second-order valence-corrected chi connectivity index (χ2v) is 7.35. The highest BCUT2D eigenvalue weighted by molar-refractivity contribution is 5.67. The van der Waals surface area contributed by atoms with Gasteiger partial charge in [0.05, 0.1) is 11.7 Å². The van der Waals surface area contributed by atoms with Gasteiger partial charge in [-0.05, 0) is 50.7 Å². The number of hydrogen-bond donors (Lipinski definition) is 2. The van der Waals surface area contributed by atoms with Gasteiger partial charge in [-0.2, -0.15) is 0 Å². The zero-order valence-corrected chi connectivity index (χ0v) is 22.5. The summed E-state index contributed by atoms with van der Waals surface area (Å²) < 4.78 is 33.0. The maximum absolute atomic E-state index is 13.4. The number of aromatic nitrogens is 1. The summed E-state index contributed by atoms with van der Waals surface area (Å²) in [5, 5.41) is 6.35. The minimum atomic E-state index is -0.606. The summed E-state index contributed by atoms with van der Waals surface area (Å²) in [6.45, 7) is 16.2. The highest BCUT2D eigenvalue weighted by atomic mass is 19.1. The van der Waals surface area contributed by atoms with Crippen molar-refractivity contribution in [2.45, 2.75) is 54.1 Å². The van der Waals surface area contributed by atoms with E-state index in [9.17, 15) is 8.78 Å². The summed E-state index contributed by atoms with van der Waals surface area (Å²) in [4.78, 5) is 4.43. The SMILES string of the molecule is C=C(NCc1cc(F)cc(F)c1)c1cccc(Oc2ccnc(C(/C=C\C)NC)c2)c1C.CC.CC.[HH]. The van der Waals surface area contributed by atoms with Crippen molar-refractivity contribution in [3.63, 3.8) is 0 Å². The van der Waals surface area contributed by atoms with E-state index in [1.807, 2.05) is 91.1 Å². The van der Waals surface area contributed by atoms with E-state index >= 15 is 0 Å². The third-order valence-electron chi connectivity index (χ3n) is 5.03. The zero-order chi connectivity index (χ0) is 27.1. The van der Waals surface area contributed by atoms with Gasteiger partial charge in [0.15, 0.2) is 0 Å². The van der Waals surface area contributed by atoms with Crippen molar-refractivity contribution in [1.82, 2.24) is 15.6 Å². The summed E-state index contributed by atoms with van der Waals surface area (Å²) >= 11 is 0. The molecule has 3 rings (SSSR count). The number of rotatable bonds is 9. The van der Waals surface area contributed by atoms with Gasteiger partial charge in [0, 0.05) is 43.1 Å². The highest BCUT2D eigenvalue weighted by Gasteiger charge is 2.12. The number of hydrogen-bond acceptors (Lipinski definition) is 4. The Hall–Kier alpha value is -3.51. The number of allylic oxidation sites excluding steroid dienone is 1. The average Bonchev–Trinajstić information content (AvgIpc) is 2.89. The summed E-state index contributed by atoms with van der Waals surface area (Å²) in [5.41, 5.74) is 3.74. The van der Waals surface area contributed by atoms with Crippen molar-refractivity contribution in [3.8, 4) is 11.5 Å². The lowest BCUT2D eigenvalue weighted by Gasteiger charge is -2.17. The topological polar surface area (TPSA) is 46.2 Å². The molecule has 3 aromatic rings. The van der Waals surface area contributed by atoms with Gasteiger partial charge >= 0.3 is 0 Å². The monoisotopic (exact) mass is 497 g/mol. The minimum absolute atomic E-state index is 0. The van der Waals surface area contributed by atoms with Crippen LogP contribution in [0.1, 0.15) is 64.5 Å². The van der Waals surface area contributed by atoms with Crippen LogP contribution in [0.15, 0.2) is 73.5 Å². The molecule has 0 spiro atoms. The molecule has 1 heterocycles. The number of halogens is 2. The fourth-order valence-corrected chi connectivity index (χ4v) is 3.39. The Balaban J connectivity index is 0.00000247. The first-order chi connectivity index (χ1) is 17.4. The number of benzene rings is 2. The minimum Gasteiger partial charge on any atom is -0.457 e. The fourth-order valence-electron chi connectivity index (χ4n) is 3.39. The van der Waals surface area contributed by atoms with Gasteiger partial charge in [-0.15, -0.1) is 0 Å². The Labute approximate surface area is 216 Å². The lowest BCUT2D eigenvalue weighted by molar-refractivity contribution is 0.476. The molecule has 0 saturated heterocycles. The van der Waals surface area contributed by atoms with Crippen molar-refractivity contribution < 1.29 is 14.9 Å². The van der Waals surface area contributed by atoms with Crippen LogP contribution in [0.5, 0.6) is 11.5 Å². The molecule has 4 nitrogen and oxygen atoms in total. The van der Waals surface area contributed by atoms with E-state index in [1.54, 1.807) is 6.20 Å². The molecule has 1 aromatic heterocycles. The lowest BCUT2D eigenvalue weighted by atomic mass is 10.0. The number of likely N-dealkylation sites (N-methyl/N-ethyl adjacent to an activating group) is 1. The Morgan fingerprint density at radius 1 is 1.08 bits per heavy atom. The quantitative estimate of drug-likeness (QED) is 0.292. The Morgan fingerprint density at radius 3 is 2.36 bits per heavy atom. The first kappa shape index (κ1) is 30.5. The second-order valence-electron chi connectivity index (χ2n) is 7.35. The van der Waals surface area contributed by atoms with Gasteiger partial charge < -0.3 is 15.4 Å². The van der Waals surface area contributed by atoms with E-state index in [1.165, 1.54) is 12.1 Å². The smallest absolute Gasteiger partial charge is 0.131 e. The van der Waals surface area contributed by atoms with Gasteiger partial charge in [-0.3, -0.25) is 4.98 Å². The summed E-state index contributed by atoms with van der Waals surface area (Å²) in [6.07, 6.45) is 5.72. The predicted octanol–water partition coefficient (Wildman–Crippen LogP) is 8.36. The molecule has 0 radical (unpaired) electrons. The molecule has 0 aliphatic rings.